The molecule has 0 aliphatic carbocycles. The Hall–Kier alpha value is -2.08. The van der Waals surface area contributed by atoms with Gasteiger partial charge in [-0.15, -0.1) is 0 Å². The molecule has 1 aliphatic heterocycles. The van der Waals surface area contributed by atoms with Crippen LogP contribution < -0.4 is 15.5 Å². The maximum atomic E-state index is 5.94. The third-order valence-corrected chi connectivity index (χ3v) is 3.70. The lowest BCUT2D eigenvalue weighted by Gasteiger charge is -2.32. The Kier molecular flexibility index (Phi) is 3.56. The van der Waals surface area contributed by atoms with Crippen molar-refractivity contribution in [1.29, 1.82) is 0 Å². The van der Waals surface area contributed by atoms with Crippen molar-refractivity contribution in [2.75, 3.05) is 36.9 Å². The summed E-state index contributed by atoms with van der Waals surface area (Å²) in [5, 5.41) is 6.09. The molecule has 2 N–H and O–H groups in total. The summed E-state index contributed by atoms with van der Waals surface area (Å²) in [6.45, 7) is 6.60. The minimum atomic E-state index is 0.585. The highest BCUT2D eigenvalue weighted by molar-refractivity contribution is 5.22. The fourth-order valence-electron chi connectivity index (χ4n) is 2.46. The molecule has 1 aromatic heterocycles. The van der Waals surface area contributed by atoms with Gasteiger partial charge in [0.1, 0.15) is 5.27 Å². The standard InChI is InChI=1S/C14H20N5O/c1-12-14(15)19(16-20-12)18-9-7-17(8-10-18)11-13-5-3-2-4-6-13/h2-6H,7-11,15H2,1H3/q+1. The molecule has 0 spiro atoms. The fourth-order valence-corrected chi connectivity index (χ4v) is 2.46. The van der Waals surface area contributed by atoms with Gasteiger partial charge in [-0.1, -0.05) is 30.3 Å². The van der Waals surface area contributed by atoms with Crippen molar-refractivity contribution in [3.05, 3.63) is 41.7 Å². The zero-order valence-electron chi connectivity index (χ0n) is 11.7. The number of benzene rings is 1. The lowest BCUT2D eigenvalue weighted by Crippen LogP contribution is -2.66. The van der Waals surface area contributed by atoms with Crippen LogP contribution in [-0.4, -0.2) is 36.4 Å². The Labute approximate surface area is 118 Å². The van der Waals surface area contributed by atoms with Gasteiger partial charge in [-0.25, -0.2) is 5.01 Å². The number of aryl methyl sites for hydroxylation is 1. The highest BCUT2D eigenvalue weighted by atomic mass is 16.5. The molecule has 0 bridgehead atoms. The molecule has 20 heavy (non-hydrogen) atoms. The molecule has 0 saturated carbocycles. The summed E-state index contributed by atoms with van der Waals surface area (Å²) < 4.78 is 5.10. The SMILES string of the molecule is Cc1on[n+](N2CCN(Cc3ccccc3)CC2)c1N. The van der Waals surface area contributed by atoms with Crippen LogP contribution in [0.2, 0.25) is 0 Å². The van der Waals surface area contributed by atoms with Gasteiger partial charge < -0.3 is 4.52 Å². The Morgan fingerprint density at radius 1 is 1.20 bits per heavy atom. The second kappa shape index (κ2) is 5.50. The van der Waals surface area contributed by atoms with Crippen molar-refractivity contribution in [1.82, 2.24) is 10.2 Å². The molecule has 0 amide bonds. The highest BCUT2D eigenvalue weighted by Gasteiger charge is 2.26. The number of anilines is 1. The van der Waals surface area contributed by atoms with E-state index in [-0.39, 0.29) is 0 Å². The molecule has 106 valence electrons. The van der Waals surface area contributed by atoms with E-state index in [1.165, 1.54) is 5.56 Å². The maximum Gasteiger partial charge on any atom is 0.363 e. The Morgan fingerprint density at radius 2 is 1.90 bits per heavy atom. The van der Waals surface area contributed by atoms with Crippen molar-refractivity contribution in [3.63, 3.8) is 0 Å². The molecule has 3 rings (SSSR count). The van der Waals surface area contributed by atoms with Crippen LogP contribution in [-0.2, 0) is 6.54 Å². The first kappa shape index (κ1) is 12.9. The average molecular weight is 274 g/mol. The molecule has 0 unspecified atom stereocenters. The minimum absolute atomic E-state index is 0.585. The molecule has 1 saturated heterocycles. The third-order valence-electron chi connectivity index (χ3n) is 3.70. The number of hydrogen-bond donors (Lipinski definition) is 1. The summed E-state index contributed by atoms with van der Waals surface area (Å²) >= 11 is 0. The maximum absolute atomic E-state index is 5.94. The Bertz CT molecular complexity index is 560. The van der Waals surface area contributed by atoms with Gasteiger partial charge in [0, 0.05) is 31.3 Å². The zero-order valence-corrected chi connectivity index (χ0v) is 11.7. The highest BCUT2D eigenvalue weighted by Crippen LogP contribution is 2.08. The van der Waals surface area contributed by atoms with E-state index >= 15 is 0 Å². The zero-order chi connectivity index (χ0) is 13.9. The average Bonchev–Trinajstić information content (AvgIpc) is 2.81. The minimum Gasteiger partial charge on any atom is -0.319 e. The van der Waals surface area contributed by atoms with Gasteiger partial charge in [0.05, 0.1) is 13.1 Å². The van der Waals surface area contributed by atoms with E-state index in [1.807, 2.05) is 13.0 Å². The molecule has 2 aromatic rings. The van der Waals surface area contributed by atoms with Gasteiger partial charge in [-0.2, -0.15) is 0 Å². The molecule has 2 heterocycles. The van der Waals surface area contributed by atoms with E-state index in [4.69, 9.17) is 10.3 Å². The first-order valence-corrected chi connectivity index (χ1v) is 6.89. The van der Waals surface area contributed by atoms with Crippen molar-refractivity contribution >= 4 is 5.82 Å². The van der Waals surface area contributed by atoms with Gasteiger partial charge in [0.15, 0.2) is 0 Å². The number of aromatic nitrogens is 2. The van der Waals surface area contributed by atoms with Crippen LogP contribution in [0.4, 0.5) is 5.82 Å². The van der Waals surface area contributed by atoms with Crippen LogP contribution >= 0.6 is 0 Å². The van der Waals surface area contributed by atoms with Crippen LogP contribution in [0.3, 0.4) is 0 Å². The summed E-state index contributed by atoms with van der Waals surface area (Å²) in [6.07, 6.45) is 0. The molecule has 0 atom stereocenters. The number of nitrogens with two attached hydrogens (primary N) is 1. The van der Waals surface area contributed by atoms with Crippen LogP contribution in [0, 0.1) is 6.92 Å². The van der Waals surface area contributed by atoms with Crippen molar-refractivity contribution < 1.29 is 9.31 Å². The largest absolute Gasteiger partial charge is 0.363 e. The third kappa shape index (κ3) is 2.60. The first-order valence-electron chi connectivity index (χ1n) is 6.89. The summed E-state index contributed by atoms with van der Waals surface area (Å²) in [5.41, 5.74) is 7.30. The van der Waals surface area contributed by atoms with E-state index in [0.29, 0.717) is 11.6 Å². The Morgan fingerprint density at radius 3 is 2.50 bits per heavy atom. The molecular formula is C14H20N5O+. The van der Waals surface area contributed by atoms with Crippen molar-refractivity contribution in [2.24, 2.45) is 0 Å². The lowest BCUT2D eigenvalue weighted by atomic mass is 10.2. The normalized spacial score (nSPS) is 16.6. The molecule has 6 nitrogen and oxygen atoms in total. The van der Waals surface area contributed by atoms with E-state index < -0.39 is 0 Å². The quantitative estimate of drug-likeness (QED) is 0.816. The summed E-state index contributed by atoms with van der Waals surface area (Å²) in [5.74, 6) is 1.25. The second-order valence-corrected chi connectivity index (χ2v) is 5.12. The van der Waals surface area contributed by atoms with E-state index in [2.05, 4.69) is 39.4 Å². The van der Waals surface area contributed by atoms with Gasteiger partial charge in [0.2, 0.25) is 5.76 Å². The van der Waals surface area contributed by atoms with Crippen LogP contribution in [0.25, 0.3) is 0 Å². The fraction of sp³-hybridized carbons (Fsp3) is 0.429. The summed E-state index contributed by atoms with van der Waals surface area (Å²) in [4.78, 5) is 4.12. The Balaban J connectivity index is 1.58. The number of nitrogen functional groups attached to an aromatic ring is 1. The van der Waals surface area contributed by atoms with Crippen LogP contribution in [0.1, 0.15) is 11.3 Å². The second-order valence-electron chi connectivity index (χ2n) is 5.12. The summed E-state index contributed by atoms with van der Waals surface area (Å²) in [6, 6.07) is 10.6. The molecule has 6 heteroatoms. The molecular weight excluding hydrogens is 254 g/mol. The molecule has 1 fully saturated rings. The summed E-state index contributed by atoms with van der Waals surface area (Å²) in [7, 11) is 0. The molecule has 1 aliphatic rings. The van der Waals surface area contributed by atoms with E-state index in [9.17, 15) is 0 Å². The molecule has 1 aromatic carbocycles. The number of hydrogen-bond acceptors (Lipinski definition) is 5. The first-order chi connectivity index (χ1) is 9.74. The smallest absolute Gasteiger partial charge is 0.319 e. The topological polar surface area (TPSA) is 62.4 Å². The van der Waals surface area contributed by atoms with Crippen molar-refractivity contribution in [3.8, 4) is 0 Å². The van der Waals surface area contributed by atoms with E-state index in [0.717, 1.165) is 32.7 Å². The van der Waals surface area contributed by atoms with Crippen molar-refractivity contribution in [2.45, 2.75) is 13.5 Å². The lowest BCUT2D eigenvalue weighted by molar-refractivity contribution is -0.746. The predicted molar refractivity (Wildman–Crippen MR) is 75.5 cm³/mol. The number of piperazine rings is 1. The van der Waals surface area contributed by atoms with E-state index in [1.54, 1.807) is 4.79 Å². The number of rotatable bonds is 3. The van der Waals surface area contributed by atoms with Crippen LogP contribution in [0.5, 0.6) is 0 Å². The predicted octanol–water partition coefficient (Wildman–Crippen LogP) is 0.307. The monoisotopic (exact) mass is 274 g/mol. The van der Waals surface area contributed by atoms with Gasteiger partial charge >= 0.3 is 5.82 Å². The molecule has 0 radical (unpaired) electrons. The van der Waals surface area contributed by atoms with Crippen LogP contribution in [0.15, 0.2) is 34.9 Å². The van der Waals surface area contributed by atoms with Gasteiger partial charge in [-0.3, -0.25) is 10.6 Å². The van der Waals surface area contributed by atoms with Gasteiger partial charge in [0.25, 0.3) is 0 Å². The number of nitrogens with zero attached hydrogens (tertiary/aromatic N) is 4. The van der Waals surface area contributed by atoms with Gasteiger partial charge in [-0.05, 0) is 5.56 Å².